The largest absolute Gasteiger partial charge is 0.381 e. The fraction of sp³-hybridized carbons (Fsp3) is 0.846. The normalized spacial score (nSPS) is 21.3. The van der Waals surface area contributed by atoms with Crippen molar-refractivity contribution < 1.29 is 9.26 Å². The number of aromatic nitrogens is 2. The fourth-order valence-corrected chi connectivity index (χ4v) is 2.39. The third-order valence-corrected chi connectivity index (χ3v) is 3.70. The van der Waals surface area contributed by atoms with Gasteiger partial charge in [0.2, 0.25) is 5.89 Å². The highest BCUT2D eigenvalue weighted by Crippen LogP contribution is 2.23. The van der Waals surface area contributed by atoms with Crippen molar-refractivity contribution in [2.75, 3.05) is 19.8 Å². The number of aryl methyl sites for hydroxylation is 1. The van der Waals surface area contributed by atoms with Crippen LogP contribution in [0.1, 0.15) is 50.2 Å². The summed E-state index contributed by atoms with van der Waals surface area (Å²) in [5.41, 5.74) is 5.60. The summed E-state index contributed by atoms with van der Waals surface area (Å²) in [6.07, 6.45) is 5.18. The van der Waals surface area contributed by atoms with E-state index < -0.39 is 0 Å². The van der Waals surface area contributed by atoms with Crippen molar-refractivity contribution in [3.63, 3.8) is 0 Å². The van der Waals surface area contributed by atoms with E-state index in [0.717, 1.165) is 63.6 Å². The zero-order valence-electron chi connectivity index (χ0n) is 11.1. The monoisotopic (exact) mass is 253 g/mol. The average Bonchev–Trinajstić information content (AvgIpc) is 3.04. The predicted molar refractivity (Wildman–Crippen MR) is 68.2 cm³/mol. The van der Waals surface area contributed by atoms with Gasteiger partial charge in [-0.15, -0.1) is 0 Å². The first-order valence-electron chi connectivity index (χ1n) is 6.93. The molecule has 1 aromatic heterocycles. The van der Waals surface area contributed by atoms with Gasteiger partial charge >= 0.3 is 0 Å². The van der Waals surface area contributed by atoms with Gasteiger partial charge in [-0.25, -0.2) is 0 Å². The van der Waals surface area contributed by atoms with Gasteiger partial charge in [0.05, 0.1) is 6.61 Å². The Bertz CT molecular complexity index is 348. The molecule has 0 spiro atoms. The lowest BCUT2D eigenvalue weighted by molar-refractivity contribution is 0.192. The molecule has 102 valence electrons. The van der Waals surface area contributed by atoms with Crippen molar-refractivity contribution in [1.29, 1.82) is 0 Å². The molecule has 0 amide bonds. The molecule has 1 aromatic rings. The highest BCUT2D eigenvalue weighted by Gasteiger charge is 2.23. The Hall–Kier alpha value is -0.940. The molecule has 0 saturated carbocycles. The smallest absolute Gasteiger partial charge is 0.226 e. The SMILES string of the molecule is CCC(CCN)CCc1nc(C2CCOC2)no1. The van der Waals surface area contributed by atoms with Gasteiger partial charge in [-0.1, -0.05) is 18.5 Å². The Labute approximate surface area is 108 Å². The Kier molecular flexibility index (Phi) is 5.13. The van der Waals surface area contributed by atoms with Crippen molar-refractivity contribution in [1.82, 2.24) is 10.1 Å². The van der Waals surface area contributed by atoms with Crippen LogP contribution >= 0.6 is 0 Å². The maximum Gasteiger partial charge on any atom is 0.226 e. The highest BCUT2D eigenvalue weighted by molar-refractivity contribution is 4.97. The second-order valence-corrected chi connectivity index (χ2v) is 5.00. The Morgan fingerprint density at radius 2 is 2.33 bits per heavy atom. The van der Waals surface area contributed by atoms with Crippen molar-refractivity contribution in [3.8, 4) is 0 Å². The molecular weight excluding hydrogens is 230 g/mol. The van der Waals surface area contributed by atoms with Crippen LogP contribution in [0.5, 0.6) is 0 Å². The Morgan fingerprint density at radius 1 is 1.44 bits per heavy atom. The number of rotatable bonds is 7. The van der Waals surface area contributed by atoms with Gasteiger partial charge in [-0.2, -0.15) is 4.98 Å². The number of hydrogen-bond donors (Lipinski definition) is 1. The summed E-state index contributed by atoms with van der Waals surface area (Å²) in [5, 5.41) is 4.06. The first-order valence-corrected chi connectivity index (χ1v) is 6.93. The quantitative estimate of drug-likeness (QED) is 0.803. The summed E-state index contributed by atoms with van der Waals surface area (Å²) < 4.78 is 10.6. The number of nitrogens with two attached hydrogens (primary N) is 1. The van der Waals surface area contributed by atoms with E-state index in [0.29, 0.717) is 11.8 Å². The van der Waals surface area contributed by atoms with Crippen LogP contribution in [0.2, 0.25) is 0 Å². The van der Waals surface area contributed by atoms with Crippen molar-refractivity contribution >= 4 is 0 Å². The zero-order chi connectivity index (χ0) is 12.8. The fourth-order valence-electron chi connectivity index (χ4n) is 2.39. The Morgan fingerprint density at radius 3 is 3.00 bits per heavy atom. The van der Waals surface area contributed by atoms with Gasteiger partial charge < -0.3 is 15.0 Å². The lowest BCUT2D eigenvalue weighted by Gasteiger charge is -2.11. The average molecular weight is 253 g/mol. The third kappa shape index (κ3) is 3.53. The molecule has 2 unspecified atom stereocenters. The van der Waals surface area contributed by atoms with Gasteiger partial charge in [0.15, 0.2) is 5.82 Å². The van der Waals surface area contributed by atoms with E-state index in [4.69, 9.17) is 15.0 Å². The minimum Gasteiger partial charge on any atom is -0.381 e. The molecule has 1 aliphatic rings. The number of hydrogen-bond acceptors (Lipinski definition) is 5. The van der Waals surface area contributed by atoms with Gasteiger partial charge in [0.25, 0.3) is 0 Å². The standard InChI is InChI=1S/C13H23N3O2/c1-2-10(5-7-14)3-4-12-15-13(16-18-12)11-6-8-17-9-11/h10-11H,2-9,14H2,1H3. The molecule has 1 fully saturated rings. The molecule has 1 aliphatic heterocycles. The van der Waals surface area contributed by atoms with Gasteiger partial charge in [0.1, 0.15) is 0 Å². The molecule has 2 N–H and O–H groups in total. The summed E-state index contributed by atoms with van der Waals surface area (Å²) in [5.74, 6) is 2.57. The van der Waals surface area contributed by atoms with Crippen LogP contribution < -0.4 is 5.73 Å². The predicted octanol–water partition coefficient (Wildman–Crippen LogP) is 1.88. The molecule has 0 bridgehead atoms. The molecule has 18 heavy (non-hydrogen) atoms. The van der Waals surface area contributed by atoms with Crippen LogP contribution in [0.3, 0.4) is 0 Å². The van der Waals surface area contributed by atoms with E-state index in [2.05, 4.69) is 17.1 Å². The van der Waals surface area contributed by atoms with E-state index >= 15 is 0 Å². The maximum absolute atomic E-state index is 5.60. The van der Waals surface area contributed by atoms with Crippen LogP contribution in [0.4, 0.5) is 0 Å². The van der Waals surface area contributed by atoms with Crippen LogP contribution in [0.25, 0.3) is 0 Å². The molecule has 1 saturated heterocycles. The van der Waals surface area contributed by atoms with Gasteiger partial charge in [-0.05, 0) is 31.7 Å². The van der Waals surface area contributed by atoms with Crippen molar-refractivity contribution in [2.45, 2.75) is 44.9 Å². The molecule has 0 aliphatic carbocycles. The summed E-state index contributed by atoms with van der Waals surface area (Å²) in [7, 11) is 0. The summed E-state index contributed by atoms with van der Waals surface area (Å²) >= 11 is 0. The second kappa shape index (κ2) is 6.85. The van der Waals surface area contributed by atoms with E-state index in [1.54, 1.807) is 0 Å². The first kappa shape index (κ1) is 13.5. The van der Waals surface area contributed by atoms with E-state index in [1.807, 2.05) is 0 Å². The van der Waals surface area contributed by atoms with Gasteiger partial charge in [-0.3, -0.25) is 0 Å². The summed E-state index contributed by atoms with van der Waals surface area (Å²) in [6.45, 7) is 4.50. The van der Waals surface area contributed by atoms with Crippen LogP contribution in [-0.4, -0.2) is 29.9 Å². The lowest BCUT2D eigenvalue weighted by atomic mass is 9.97. The molecule has 0 radical (unpaired) electrons. The second-order valence-electron chi connectivity index (χ2n) is 5.00. The molecule has 2 atom stereocenters. The topological polar surface area (TPSA) is 74.2 Å². The van der Waals surface area contributed by atoms with E-state index in [9.17, 15) is 0 Å². The minimum atomic E-state index is 0.327. The third-order valence-electron chi connectivity index (χ3n) is 3.70. The molecule has 2 rings (SSSR count). The van der Waals surface area contributed by atoms with Crippen LogP contribution in [0, 0.1) is 5.92 Å². The Balaban J connectivity index is 1.82. The van der Waals surface area contributed by atoms with E-state index in [-0.39, 0.29) is 0 Å². The van der Waals surface area contributed by atoms with Crippen LogP contribution in [0.15, 0.2) is 4.52 Å². The minimum absolute atomic E-state index is 0.327. The van der Waals surface area contributed by atoms with E-state index in [1.165, 1.54) is 0 Å². The van der Waals surface area contributed by atoms with Crippen LogP contribution in [-0.2, 0) is 11.2 Å². The maximum atomic E-state index is 5.60. The number of nitrogens with zero attached hydrogens (tertiary/aromatic N) is 2. The molecular formula is C13H23N3O2. The highest BCUT2D eigenvalue weighted by atomic mass is 16.5. The first-order chi connectivity index (χ1) is 8.83. The van der Waals surface area contributed by atoms with Crippen molar-refractivity contribution in [2.24, 2.45) is 11.7 Å². The zero-order valence-corrected chi connectivity index (χ0v) is 11.1. The summed E-state index contributed by atoms with van der Waals surface area (Å²) in [4.78, 5) is 4.47. The van der Waals surface area contributed by atoms with Gasteiger partial charge in [0, 0.05) is 18.9 Å². The lowest BCUT2D eigenvalue weighted by Crippen LogP contribution is -2.09. The number of ether oxygens (including phenoxy) is 1. The molecule has 5 heteroatoms. The summed E-state index contributed by atoms with van der Waals surface area (Å²) in [6, 6.07) is 0. The molecule has 5 nitrogen and oxygen atoms in total. The van der Waals surface area contributed by atoms with Crippen molar-refractivity contribution in [3.05, 3.63) is 11.7 Å². The molecule has 0 aromatic carbocycles. The molecule has 2 heterocycles.